The number of rotatable bonds is 5. The molecule has 106 valence electrons. The van der Waals surface area contributed by atoms with Crippen LogP contribution in [-0.4, -0.2) is 23.4 Å². The molecule has 0 saturated carbocycles. The van der Waals surface area contributed by atoms with Crippen LogP contribution in [0.15, 0.2) is 28.8 Å². The van der Waals surface area contributed by atoms with Crippen molar-refractivity contribution >= 4 is 5.69 Å². The molecule has 0 amide bonds. The molecule has 0 aliphatic carbocycles. The van der Waals surface area contributed by atoms with Crippen molar-refractivity contribution in [2.75, 3.05) is 18.9 Å². The Labute approximate surface area is 118 Å². The lowest BCUT2D eigenvalue weighted by Crippen LogP contribution is -2.05. The van der Waals surface area contributed by atoms with Gasteiger partial charge >= 0.3 is 0 Å². The molecule has 1 unspecified atom stereocenters. The first-order chi connectivity index (χ1) is 9.79. The van der Waals surface area contributed by atoms with E-state index >= 15 is 0 Å². The molecule has 3 rings (SSSR count). The van der Waals surface area contributed by atoms with Gasteiger partial charge in [0.1, 0.15) is 0 Å². The topological polar surface area (TPSA) is 74.2 Å². The number of nitrogen functional groups attached to an aromatic ring is 1. The lowest BCUT2D eigenvalue weighted by Gasteiger charge is -2.01. The zero-order chi connectivity index (χ0) is 13.8. The first kappa shape index (κ1) is 13.1. The molecule has 2 aromatic rings. The fraction of sp³-hybridized carbons (Fsp3) is 0.467. The number of nitrogens with two attached hydrogens (primary N) is 1. The van der Waals surface area contributed by atoms with Crippen LogP contribution in [0, 0.1) is 5.92 Å². The summed E-state index contributed by atoms with van der Waals surface area (Å²) in [5.41, 5.74) is 7.74. The van der Waals surface area contributed by atoms with E-state index < -0.39 is 0 Å². The SMILES string of the molecule is Nc1cccc(CCc2nc(CC3CCOC3)no2)c1. The normalized spacial score (nSPS) is 18.5. The molecule has 20 heavy (non-hydrogen) atoms. The Morgan fingerprint density at radius 1 is 1.30 bits per heavy atom. The molecule has 0 radical (unpaired) electrons. The zero-order valence-electron chi connectivity index (χ0n) is 11.4. The van der Waals surface area contributed by atoms with Gasteiger partial charge < -0.3 is 15.0 Å². The quantitative estimate of drug-likeness (QED) is 0.844. The standard InChI is InChI=1S/C15H19N3O2/c16-13-3-1-2-11(8-13)4-5-15-17-14(18-20-15)9-12-6-7-19-10-12/h1-3,8,12H,4-7,9-10,16H2. The van der Waals surface area contributed by atoms with E-state index in [0.29, 0.717) is 11.8 Å². The Balaban J connectivity index is 1.54. The predicted octanol–water partition coefficient (Wildman–Crippen LogP) is 2.02. The van der Waals surface area contributed by atoms with E-state index in [-0.39, 0.29) is 0 Å². The monoisotopic (exact) mass is 273 g/mol. The molecule has 1 atom stereocenters. The molecule has 1 fully saturated rings. The van der Waals surface area contributed by atoms with E-state index in [1.807, 2.05) is 18.2 Å². The number of anilines is 1. The Kier molecular flexibility index (Phi) is 3.97. The summed E-state index contributed by atoms with van der Waals surface area (Å²) >= 11 is 0. The van der Waals surface area contributed by atoms with Gasteiger partial charge in [-0.15, -0.1) is 0 Å². The van der Waals surface area contributed by atoms with Crippen LogP contribution in [0.3, 0.4) is 0 Å². The van der Waals surface area contributed by atoms with Crippen LogP contribution in [0.5, 0.6) is 0 Å². The third-order valence-corrected chi connectivity index (χ3v) is 3.58. The van der Waals surface area contributed by atoms with Crippen molar-refractivity contribution in [3.05, 3.63) is 41.5 Å². The number of hydrogen-bond acceptors (Lipinski definition) is 5. The average Bonchev–Trinajstić information content (AvgIpc) is 3.09. The molecule has 0 bridgehead atoms. The van der Waals surface area contributed by atoms with Crippen molar-refractivity contribution in [2.45, 2.75) is 25.7 Å². The van der Waals surface area contributed by atoms with Crippen molar-refractivity contribution in [2.24, 2.45) is 5.92 Å². The van der Waals surface area contributed by atoms with E-state index in [4.69, 9.17) is 15.0 Å². The van der Waals surface area contributed by atoms with Gasteiger partial charge in [-0.05, 0) is 36.5 Å². The van der Waals surface area contributed by atoms with E-state index in [1.165, 1.54) is 5.56 Å². The van der Waals surface area contributed by atoms with Crippen LogP contribution in [0.2, 0.25) is 0 Å². The highest BCUT2D eigenvalue weighted by Gasteiger charge is 2.19. The maximum absolute atomic E-state index is 5.76. The maximum atomic E-state index is 5.76. The molecule has 1 saturated heterocycles. The van der Waals surface area contributed by atoms with E-state index in [9.17, 15) is 0 Å². The molecule has 1 aliphatic rings. The van der Waals surface area contributed by atoms with Crippen LogP contribution < -0.4 is 5.73 Å². The Morgan fingerprint density at radius 3 is 3.05 bits per heavy atom. The van der Waals surface area contributed by atoms with Gasteiger partial charge in [0.2, 0.25) is 5.89 Å². The number of ether oxygens (including phenoxy) is 1. The molecule has 1 aliphatic heterocycles. The van der Waals surface area contributed by atoms with Gasteiger partial charge in [0, 0.05) is 31.7 Å². The third kappa shape index (κ3) is 3.36. The molecule has 0 spiro atoms. The van der Waals surface area contributed by atoms with Crippen molar-refractivity contribution in [3.8, 4) is 0 Å². The van der Waals surface area contributed by atoms with Gasteiger partial charge in [-0.25, -0.2) is 0 Å². The molecular formula is C15H19N3O2. The number of benzene rings is 1. The Hall–Kier alpha value is -1.88. The van der Waals surface area contributed by atoms with Crippen molar-refractivity contribution in [1.29, 1.82) is 0 Å². The summed E-state index contributed by atoms with van der Waals surface area (Å²) in [5.74, 6) is 2.03. The minimum atomic E-state index is 0.536. The summed E-state index contributed by atoms with van der Waals surface area (Å²) in [6, 6.07) is 7.89. The second-order valence-corrected chi connectivity index (χ2v) is 5.28. The second-order valence-electron chi connectivity index (χ2n) is 5.28. The molecular weight excluding hydrogens is 254 g/mol. The second kappa shape index (κ2) is 6.05. The smallest absolute Gasteiger partial charge is 0.226 e. The number of aromatic nitrogens is 2. The summed E-state index contributed by atoms with van der Waals surface area (Å²) < 4.78 is 10.6. The van der Waals surface area contributed by atoms with Crippen LogP contribution >= 0.6 is 0 Å². The highest BCUT2D eigenvalue weighted by molar-refractivity contribution is 5.40. The molecule has 2 N–H and O–H groups in total. The summed E-state index contributed by atoms with van der Waals surface area (Å²) in [7, 11) is 0. The van der Waals surface area contributed by atoms with Gasteiger partial charge in [0.15, 0.2) is 5.82 Å². The molecule has 2 heterocycles. The van der Waals surface area contributed by atoms with Gasteiger partial charge in [-0.3, -0.25) is 0 Å². The summed E-state index contributed by atoms with van der Waals surface area (Å²) in [6.07, 6.45) is 3.55. The van der Waals surface area contributed by atoms with Crippen molar-refractivity contribution in [1.82, 2.24) is 10.1 Å². The minimum absolute atomic E-state index is 0.536. The number of aryl methyl sites for hydroxylation is 2. The van der Waals surface area contributed by atoms with Gasteiger partial charge in [-0.1, -0.05) is 17.3 Å². The minimum Gasteiger partial charge on any atom is -0.399 e. The van der Waals surface area contributed by atoms with Gasteiger partial charge in [0.25, 0.3) is 0 Å². The van der Waals surface area contributed by atoms with E-state index in [1.54, 1.807) is 0 Å². The lowest BCUT2D eigenvalue weighted by molar-refractivity contribution is 0.185. The number of hydrogen-bond donors (Lipinski definition) is 1. The number of nitrogens with zero attached hydrogens (tertiary/aromatic N) is 2. The predicted molar refractivity (Wildman–Crippen MR) is 75.2 cm³/mol. The lowest BCUT2D eigenvalue weighted by atomic mass is 10.1. The summed E-state index contributed by atoms with van der Waals surface area (Å²) in [6.45, 7) is 1.66. The van der Waals surface area contributed by atoms with Crippen molar-refractivity contribution in [3.63, 3.8) is 0 Å². The Morgan fingerprint density at radius 2 is 2.25 bits per heavy atom. The zero-order valence-corrected chi connectivity index (χ0v) is 11.4. The molecule has 5 nitrogen and oxygen atoms in total. The van der Waals surface area contributed by atoms with Crippen LogP contribution in [0.1, 0.15) is 23.7 Å². The fourth-order valence-electron chi connectivity index (χ4n) is 2.48. The first-order valence-corrected chi connectivity index (χ1v) is 7.03. The maximum Gasteiger partial charge on any atom is 0.226 e. The largest absolute Gasteiger partial charge is 0.399 e. The first-order valence-electron chi connectivity index (χ1n) is 7.03. The van der Waals surface area contributed by atoms with Gasteiger partial charge in [-0.2, -0.15) is 4.98 Å². The average molecular weight is 273 g/mol. The van der Waals surface area contributed by atoms with Crippen LogP contribution in [-0.2, 0) is 24.0 Å². The summed E-state index contributed by atoms with van der Waals surface area (Å²) in [5, 5.41) is 4.04. The highest BCUT2D eigenvalue weighted by Crippen LogP contribution is 2.17. The summed E-state index contributed by atoms with van der Waals surface area (Å²) in [4.78, 5) is 4.45. The van der Waals surface area contributed by atoms with Crippen molar-refractivity contribution < 1.29 is 9.26 Å². The van der Waals surface area contributed by atoms with Crippen LogP contribution in [0.4, 0.5) is 5.69 Å². The third-order valence-electron chi connectivity index (χ3n) is 3.58. The molecule has 1 aromatic heterocycles. The fourth-order valence-corrected chi connectivity index (χ4v) is 2.48. The van der Waals surface area contributed by atoms with Gasteiger partial charge in [0.05, 0.1) is 0 Å². The molecule has 1 aromatic carbocycles. The Bertz CT molecular complexity index is 562. The molecule has 5 heteroatoms. The van der Waals surface area contributed by atoms with E-state index in [2.05, 4.69) is 16.2 Å². The van der Waals surface area contributed by atoms with E-state index in [0.717, 1.165) is 50.4 Å². The van der Waals surface area contributed by atoms with Crippen LogP contribution in [0.25, 0.3) is 0 Å². The highest BCUT2D eigenvalue weighted by atomic mass is 16.5.